The van der Waals surface area contributed by atoms with Crippen LogP contribution >= 0.6 is 11.8 Å². The summed E-state index contributed by atoms with van der Waals surface area (Å²) in [5.41, 5.74) is 5.55. The van der Waals surface area contributed by atoms with E-state index in [4.69, 9.17) is 20.5 Å². The molecule has 1 aromatic carbocycles. The van der Waals surface area contributed by atoms with Crippen LogP contribution in [0.25, 0.3) is 0 Å². The van der Waals surface area contributed by atoms with Crippen molar-refractivity contribution >= 4 is 11.8 Å². The first-order valence-electron chi connectivity index (χ1n) is 5.97. The van der Waals surface area contributed by atoms with Crippen molar-refractivity contribution in [3.05, 3.63) is 18.2 Å². The molecule has 5 heteroatoms. The Bertz CT molecular complexity index is 445. The van der Waals surface area contributed by atoms with E-state index in [-0.39, 0.29) is 6.04 Å². The van der Waals surface area contributed by atoms with Gasteiger partial charge in [-0.15, -0.1) is 11.8 Å². The highest BCUT2D eigenvalue weighted by molar-refractivity contribution is 7.99. The molecule has 0 saturated heterocycles. The lowest BCUT2D eigenvalue weighted by molar-refractivity contribution is 0.297. The summed E-state index contributed by atoms with van der Waals surface area (Å²) < 4.78 is 11.2. The largest absolute Gasteiger partial charge is 0.490 e. The Balaban J connectivity index is 1.94. The van der Waals surface area contributed by atoms with Gasteiger partial charge in [-0.05, 0) is 24.6 Å². The molecule has 96 valence electrons. The zero-order valence-corrected chi connectivity index (χ0v) is 10.9. The summed E-state index contributed by atoms with van der Waals surface area (Å²) in [6, 6.07) is 7.59. The summed E-state index contributed by atoms with van der Waals surface area (Å²) in [5, 5.41) is 8.60. The molecule has 0 bridgehead atoms. The van der Waals surface area contributed by atoms with Crippen molar-refractivity contribution in [1.82, 2.24) is 0 Å². The minimum absolute atomic E-state index is 0.377. The first-order valence-corrected chi connectivity index (χ1v) is 6.96. The van der Waals surface area contributed by atoms with E-state index in [0.29, 0.717) is 19.6 Å². The molecule has 0 aliphatic carbocycles. The van der Waals surface area contributed by atoms with Crippen molar-refractivity contribution < 1.29 is 9.47 Å². The van der Waals surface area contributed by atoms with Gasteiger partial charge < -0.3 is 15.2 Å². The highest BCUT2D eigenvalue weighted by Gasteiger charge is 2.11. The monoisotopic (exact) mass is 264 g/mol. The highest BCUT2D eigenvalue weighted by Crippen LogP contribution is 2.34. The van der Waals surface area contributed by atoms with Crippen LogP contribution in [0.15, 0.2) is 23.1 Å². The van der Waals surface area contributed by atoms with Crippen LogP contribution in [0.5, 0.6) is 11.5 Å². The number of rotatable bonds is 4. The third-order valence-corrected chi connectivity index (χ3v) is 3.61. The molecule has 0 radical (unpaired) electrons. The van der Waals surface area contributed by atoms with Gasteiger partial charge in [0.05, 0.1) is 25.3 Å². The van der Waals surface area contributed by atoms with Gasteiger partial charge in [-0.1, -0.05) is 0 Å². The Morgan fingerprint density at radius 2 is 2.11 bits per heavy atom. The molecule has 0 amide bonds. The molecule has 1 unspecified atom stereocenters. The first-order chi connectivity index (χ1) is 8.79. The number of hydrogen-bond donors (Lipinski definition) is 1. The van der Waals surface area contributed by atoms with Crippen LogP contribution in [0.3, 0.4) is 0 Å². The third kappa shape index (κ3) is 3.56. The SMILES string of the molecule is N#CC(N)CCSc1ccc2c(c1)OCCCO2. The van der Waals surface area contributed by atoms with Crippen molar-refractivity contribution in [3.63, 3.8) is 0 Å². The number of fused-ring (bicyclic) bond motifs is 1. The molecule has 18 heavy (non-hydrogen) atoms. The number of nitrogens with zero attached hydrogens (tertiary/aromatic N) is 1. The van der Waals surface area contributed by atoms with Crippen LogP contribution in [0, 0.1) is 11.3 Å². The highest BCUT2D eigenvalue weighted by atomic mass is 32.2. The second-order valence-corrected chi connectivity index (χ2v) is 5.20. The normalized spacial score (nSPS) is 15.6. The number of nitrogens with two attached hydrogens (primary N) is 1. The summed E-state index contributed by atoms with van der Waals surface area (Å²) in [4.78, 5) is 1.12. The Hall–Kier alpha value is -1.38. The summed E-state index contributed by atoms with van der Waals surface area (Å²) in [6.45, 7) is 1.40. The van der Waals surface area contributed by atoms with Crippen LogP contribution in [0.1, 0.15) is 12.8 Å². The van der Waals surface area contributed by atoms with Gasteiger partial charge >= 0.3 is 0 Å². The standard InChI is InChI=1S/C13H16N2O2S/c14-9-10(15)4-7-18-11-2-3-12-13(8-11)17-6-1-5-16-12/h2-3,8,10H,1,4-7,15H2. The summed E-state index contributed by atoms with van der Waals surface area (Å²) >= 11 is 1.68. The quantitative estimate of drug-likeness (QED) is 0.844. The molecule has 2 rings (SSSR count). The average molecular weight is 264 g/mol. The van der Waals surface area contributed by atoms with Crippen LogP contribution in [0.2, 0.25) is 0 Å². The van der Waals surface area contributed by atoms with E-state index in [9.17, 15) is 0 Å². The molecular formula is C13H16N2O2S. The maximum atomic E-state index is 8.60. The second kappa shape index (κ2) is 6.53. The number of hydrogen-bond acceptors (Lipinski definition) is 5. The minimum atomic E-state index is -0.377. The van der Waals surface area contributed by atoms with Gasteiger partial charge in [0.25, 0.3) is 0 Å². The van der Waals surface area contributed by atoms with Crippen LogP contribution < -0.4 is 15.2 Å². The predicted molar refractivity (Wildman–Crippen MR) is 71.0 cm³/mol. The lowest BCUT2D eigenvalue weighted by atomic mass is 10.3. The molecule has 1 aromatic rings. The van der Waals surface area contributed by atoms with Crippen molar-refractivity contribution in [3.8, 4) is 17.6 Å². The first kappa shape index (κ1) is 13.1. The van der Waals surface area contributed by atoms with E-state index in [1.54, 1.807) is 11.8 Å². The predicted octanol–water partition coefficient (Wildman–Crippen LogP) is 2.18. The molecule has 1 aliphatic heterocycles. The molecule has 1 aliphatic rings. The number of nitriles is 1. The Morgan fingerprint density at radius 1 is 1.33 bits per heavy atom. The molecule has 4 nitrogen and oxygen atoms in total. The molecular weight excluding hydrogens is 248 g/mol. The smallest absolute Gasteiger partial charge is 0.162 e. The van der Waals surface area contributed by atoms with Gasteiger partial charge in [0.1, 0.15) is 0 Å². The fourth-order valence-electron chi connectivity index (χ4n) is 1.60. The van der Waals surface area contributed by atoms with Gasteiger partial charge in [0.2, 0.25) is 0 Å². The van der Waals surface area contributed by atoms with Crippen molar-refractivity contribution in [2.75, 3.05) is 19.0 Å². The van der Waals surface area contributed by atoms with E-state index < -0.39 is 0 Å². The van der Waals surface area contributed by atoms with E-state index in [0.717, 1.165) is 28.6 Å². The summed E-state index contributed by atoms with van der Waals surface area (Å²) in [7, 11) is 0. The number of ether oxygens (including phenoxy) is 2. The lowest BCUT2D eigenvalue weighted by Gasteiger charge is -2.09. The lowest BCUT2D eigenvalue weighted by Crippen LogP contribution is -2.17. The van der Waals surface area contributed by atoms with Gasteiger partial charge in [-0.3, -0.25) is 0 Å². The fraction of sp³-hybridized carbons (Fsp3) is 0.462. The zero-order chi connectivity index (χ0) is 12.8. The topological polar surface area (TPSA) is 68.3 Å². The minimum Gasteiger partial charge on any atom is -0.490 e. The summed E-state index contributed by atoms with van der Waals surface area (Å²) in [5.74, 6) is 2.45. The van der Waals surface area contributed by atoms with Gasteiger partial charge in [-0.25, -0.2) is 0 Å². The Labute approximate surface area is 111 Å². The molecule has 2 N–H and O–H groups in total. The van der Waals surface area contributed by atoms with Crippen molar-refractivity contribution in [2.45, 2.75) is 23.8 Å². The Morgan fingerprint density at radius 3 is 2.89 bits per heavy atom. The van der Waals surface area contributed by atoms with Gasteiger partial charge in [0.15, 0.2) is 11.5 Å². The van der Waals surface area contributed by atoms with Crippen molar-refractivity contribution in [2.24, 2.45) is 5.73 Å². The fourth-order valence-corrected chi connectivity index (χ4v) is 2.56. The number of benzene rings is 1. The zero-order valence-electron chi connectivity index (χ0n) is 10.1. The van der Waals surface area contributed by atoms with Crippen molar-refractivity contribution in [1.29, 1.82) is 5.26 Å². The van der Waals surface area contributed by atoms with Crippen LogP contribution in [0.4, 0.5) is 0 Å². The van der Waals surface area contributed by atoms with Crippen LogP contribution in [-0.4, -0.2) is 25.0 Å². The summed E-state index contributed by atoms with van der Waals surface area (Å²) in [6.07, 6.45) is 1.60. The Kier molecular flexibility index (Phi) is 4.73. The molecule has 0 fully saturated rings. The van der Waals surface area contributed by atoms with E-state index >= 15 is 0 Å². The second-order valence-electron chi connectivity index (χ2n) is 4.03. The average Bonchev–Trinajstić information content (AvgIpc) is 2.63. The maximum Gasteiger partial charge on any atom is 0.162 e. The molecule has 0 aromatic heterocycles. The van der Waals surface area contributed by atoms with Gasteiger partial charge in [-0.2, -0.15) is 5.26 Å². The van der Waals surface area contributed by atoms with Gasteiger partial charge in [0, 0.05) is 17.1 Å². The number of thioether (sulfide) groups is 1. The molecule has 1 heterocycles. The van der Waals surface area contributed by atoms with Crippen LogP contribution in [-0.2, 0) is 0 Å². The maximum absolute atomic E-state index is 8.60. The van der Waals surface area contributed by atoms with E-state index in [1.165, 1.54) is 0 Å². The van der Waals surface area contributed by atoms with E-state index in [1.807, 2.05) is 24.3 Å². The molecule has 0 spiro atoms. The molecule has 0 saturated carbocycles. The van der Waals surface area contributed by atoms with E-state index in [2.05, 4.69) is 0 Å². The molecule has 1 atom stereocenters. The third-order valence-electron chi connectivity index (χ3n) is 2.58.